The summed E-state index contributed by atoms with van der Waals surface area (Å²) >= 11 is 0. The SMILES string of the molecule is CCC(C)C(NC(=O)C(N)C(C)O)C(=O)NC(CC(=O)O)C(=O)NC(C(=O)O)C(C)O. The van der Waals surface area contributed by atoms with E-state index >= 15 is 0 Å². The molecule has 7 unspecified atom stereocenters. The van der Waals surface area contributed by atoms with Gasteiger partial charge in [0.05, 0.1) is 18.6 Å². The number of nitrogens with one attached hydrogen (secondary N) is 3. The first kappa shape index (κ1) is 28.2. The maximum atomic E-state index is 12.8. The van der Waals surface area contributed by atoms with Crippen LogP contribution in [0.4, 0.5) is 0 Å². The Bertz CT molecular complexity index is 668. The number of carboxylic acids is 2. The van der Waals surface area contributed by atoms with Crippen molar-refractivity contribution in [3.63, 3.8) is 0 Å². The average molecular weight is 448 g/mol. The topological polar surface area (TPSA) is 228 Å². The maximum Gasteiger partial charge on any atom is 0.328 e. The van der Waals surface area contributed by atoms with E-state index in [0.29, 0.717) is 6.42 Å². The van der Waals surface area contributed by atoms with Crippen LogP contribution in [0.2, 0.25) is 0 Å². The lowest BCUT2D eigenvalue weighted by atomic mass is 9.97. The lowest BCUT2D eigenvalue weighted by Gasteiger charge is -2.28. The third-order valence-corrected chi connectivity index (χ3v) is 4.67. The van der Waals surface area contributed by atoms with Crippen LogP contribution in [0.25, 0.3) is 0 Å². The first-order valence-corrected chi connectivity index (χ1v) is 9.70. The summed E-state index contributed by atoms with van der Waals surface area (Å²) in [6.45, 7) is 5.76. The van der Waals surface area contributed by atoms with Gasteiger partial charge in [-0.05, 0) is 19.8 Å². The first-order valence-electron chi connectivity index (χ1n) is 9.70. The molecule has 7 atom stereocenters. The number of amides is 3. The minimum atomic E-state index is -1.73. The lowest BCUT2D eigenvalue weighted by Crippen LogP contribution is -2.60. The second-order valence-electron chi connectivity index (χ2n) is 7.36. The van der Waals surface area contributed by atoms with Crippen LogP contribution in [0.3, 0.4) is 0 Å². The van der Waals surface area contributed by atoms with Gasteiger partial charge in [-0.25, -0.2) is 4.79 Å². The predicted octanol–water partition coefficient (Wildman–Crippen LogP) is -2.86. The van der Waals surface area contributed by atoms with Gasteiger partial charge < -0.3 is 42.1 Å². The summed E-state index contributed by atoms with van der Waals surface area (Å²) in [7, 11) is 0. The van der Waals surface area contributed by atoms with E-state index in [1.54, 1.807) is 13.8 Å². The van der Waals surface area contributed by atoms with Crippen LogP contribution in [0.1, 0.15) is 40.5 Å². The number of nitrogens with two attached hydrogens (primary N) is 1. The molecule has 0 rings (SSSR count). The van der Waals surface area contributed by atoms with Gasteiger partial charge in [0.2, 0.25) is 17.7 Å². The van der Waals surface area contributed by atoms with Crippen molar-refractivity contribution < 1.29 is 44.4 Å². The molecule has 0 aromatic rings. The van der Waals surface area contributed by atoms with Crippen molar-refractivity contribution in [2.24, 2.45) is 11.7 Å². The third kappa shape index (κ3) is 9.27. The highest BCUT2D eigenvalue weighted by Crippen LogP contribution is 2.10. The minimum Gasteiger partial charge on any atom is -0.481 e. The van der Waals surface area contributed by atoms with Gasteiger partial charge in [0, 0.05) is 0 Å². The van der Waals surface area contributed by atoms with Gasteiger partial charge in [0.15, 0.2) is 6.04 Å². The van der Waals surface area contributed by atoms with Crippen LogP contribution in [0.15, 0.2) is 0 Å². The Labute approximate surface area is 179 Å². The molecule has 0 aromatic carbocycles. The predicted molar refractivity (Wildman–Crippen MR) is 106 cm³/mol. The maximum absolute atomic E-state index is 12.8. The summed E-state index contributed by atoms with van der Waals surface area (Å²) in [6, 6.07) is -5.94. The van der Waals surface area contributed by atoms with Crippen molar-refractivity contribution in [2.45, 2.75) is 76.9 Å². The molecule has 0 aliphatic rings. The Morgan fingerprint density at radius 3 is 1.71 bits per heavy atom. The second-order valence-corrected chi connectivity index (χ2v) is 7.36. The number of carboxylic acid groups (broad SMARTS) is 2. The summed E-state index contributed by atoms with van der Waals surface area (Å²) in [5.74, 6) is -6.33. The first-order chi connectivity index (χ1) is 14.2. The van der Waals surface area contributed by atoms with E-state index in [1.807, 2.05) is 5.32 Å². The summed E-state index contributed by atoms with van der Waals surface area (Å²) in [5, 5.41) is 43.6. The summed E-state index contributed by atoms with van der Waals surface area (Å²) in [4.78, 5) is 59.6. The number of aliphatic carboxylic acids is 2. The Morgan fingerprint density at radius 2 is 1.32 bits per heavy atom. The molecule has 13 heteroatoms. The summed E-state index contributed by atoms with van der Waals surface area (Å²) < 4.78 is 0. The van der Waals surface area contributed by atoms with E-state index < -0.39 is 78.4 Å². The number of carbonyl (C=O) groups excluding carboxylic acids is 3. The number of carbonyl (C=O) groups is 5. The molecule has 9 N–H and O–H groups in total. The van der Waals surface area contributed by atoms with Gasteiger partial charge in [-0.2, -0.15) is 0 Å². The number of hydrogen-bond donors (Lipinski definition) is 8. The number of aliphatic hydroxyl groups excluding tert-OH is 2. The Kier molecular flexibility index (Phi) is 11.7. The van der Waals surface area contributed by atoms with Crippen molar-refractivity contribution >= 4 is 29.7 Å². The molecule has 0 fully saturated rings. The average Bonchev–Trinajstić information content (AvgIpc) is 2.66. The van der Waals surface area contributed by atoms with Crippen LogP contribution in [0, 0.1) is 5.92 Å². The molecule has 13 nitrogen and oxygen atoms in total. The minimum absolute atomic E-state index is 0.418. The fraction of sp³-hybridized carbons (Fsp3) is 0.722. The zero-order chi connectivity index (χ0) is 24.5. The zero-order valence-corrected chi connectivity index (χ0v) is 17.9. The summed E-state index contributed by atoms with van der Waals surface area (Å²) in [6.07, 6.45) is -3.14. The van der Waals surface area contributed by atoms with Gasteiger partial charge in [-0.1, -0.05) is 20.3 Å². The number of rotatable bonds is 13. The van der Waals surface area contributed by atoms with Gasteiger partial charge in [-0.3, -0.25) is 19.2 Å². The van der Waals surface area contributed by atoms with Crippen LogP contribution >= 0.6 is 0 Å². The Balaban J connectivity index is 5.59. The fourth-order valence-electron chi connectivity index (χ4n) is 2.46. The molecule has 0 spiro atoms. The molecule has 0 aromatic heterocycles. The molecule has 0 bridgehead atoms. The van der Waals surface area contributed by atoms with E-state index in [1.165, 1.54) is 6.92 Å². The van der Waals surface area contributed by atoms with E-state index in [0.717, 1.165) is 6.92 Å². The highest BCUT2D eigenvalue weighted by atomic mass is 16.4. The molecule has 3 amide bonds. The van der Waals surface area contributed by atoms with Gasteiger partial charge in [0.1, 0.15) is 18.1 Å². The third-order valence-electron chi connectivity index (χ3n) is 4.67. The van der Waals surface area contributed by atoms with Crippen molar-refractivity contribution in [3.05, 3.63) is 0 Å². The molecule has 0 aliphatic heterocycles. The zero-order valence-electron chi connectivity index (χ0n) is 17.9. The molecule has 0 saturated heterocycles. The number of aliphatic hydroxyl groups is 2. The standard InChI is InChI=1S/C18H32N4O9/c1-5-7(2)13(21-16(28)12(19)8(3)23)17(29)20-10(6-11(25)26)15(27)22-14(9(4)24)18(30)31/h7-10,12-14,23-24H,5-6,19H2,1-4H3,(H,20,29)(H,21,28)(H,22,27)(H,25,26)(H,30,31). The smallest absolute Gasteiger partial charge is 0.328 e. The molecule has 0 saturated carbocycles. The largest absolute Gasteiger partial charge is 0.481 e. The molecular weight excluding hydrogens is 416 g/mol. The second kappa shape index (κ2) is 12.8. The normalized spacial score (nSPS) is 17.8. The van der Waals surface area contributed by atoms with Gasteiger partial charge >= 0.3 is 11.9 Å². The van der Waals surface area contributed by atoms with Crippen molar-refractivity contribution in [2.75, 3.05) is 0 Å². The van der Waals surface area contributed by atoms with Crippen LogP contribution in [0.5, 0.6) is 0 Å². The van der Waals surface area contributed by atoms with Crippen molar-refractivity contribution in [1.82, 2.24) is 16.0 Å². The molecule has 0 heterocycles. The van der Waals surface area contributed by atoms with E-state index in [-0.39, 0.29) is 0 Å². The molecule has 31 heavy (non-hydrogen) atoms. The van der Waals surface area contributed by atoms with Crippen molar-refractivity contribution in [3.8, 4) is 0 Å². The fourth-order valence-corrected chi connectivity index (χ4v) is 2.46. The van der Waals surface area contributed by atoms with Crippen LogP contribution in [-0.4, -0.2) is 86.5 Å². The highest BCUT2D eigenvalue weighted by molar-refractivity contribution is 5.95. The monoisotopic (exact) mass is 448 g/mol. The number of hydrogen-bond acceptors (Lipinski definition) is 8. The molecule has 178 valence electrons. The van der Waals surface area contributed by atoms with Gasteiger partial charge in [0.25, 0.3) is 0 Å². The molecule has 0 aliphatic carbocycles. The van der Waals surface area contributed by atoms with E-state index in [4.69, 9.17) is 15.9 Å². The van der Waals surface area contributed by atoms with Crippen LogP contribution in [-0.2, 0) is 24.0 Å². The Hall–Kier alpha value is -2.77. The highest BCUT2D eigenvalue weighted by Gasteiger charge is 2.34. The van der Waals surface area contributed by atoms with Crippen LogP contribution < -0.4 is 21.7 Å². The van der Waals surface area contributed by atoms with Gasteiger partial charge in [-0.15, -0.1) is 0 Å². The molecule has 0 radical (unpaired) electrons. The van der Waals surface area contributed by atoms with E-state index in [2.05, 4.69) is 10.6 Å². The molecular formula is C18H32N4O9. The lowest BCUT2D eigenvalue weighted by molar-refractivity contribution is -0.146. The van der Waals surface area contributed by atoms with E-state index in [9.17, 15) is 34.2 Å². The quantitative estimate of drug-likeness (QED) is 0.144. The summed E-state index contributed by atoms with van der Waals surface area (Å²) in [5.41, 5.74) is 5.56. The Morgan fingerprint density at radius 1 is 0.806 bits per heavy atom. The van der Waals surface area contributed by atoms with Crippen molar-refractivity contribution in [1.29, 1.82) is 0 Å².